The third kappa shape index (κ3) is 3.52. The van der Waals surface area contributed by atoms with Gasteiger partial charge in [0.25, 0.3) is 0 Å². The molecule has 6 heteroatoms. The van der Waals surface area contributed by atoms with Crippen molar-refractivity contribution in [2.45, 2.75) is 26.9 Å². The Morgan fingerprint density at radius 3 is 3.00 bits per heavy atom. The first kappa shape index (κ1) is 13.9. The highest BCUT2D eigenvalue weighted by molar-refractivity contribution is 5.44. The molecule has 0 bridgehead atoms. The molecular formula is C15H20N4O2. The van der Waals surface area contributed by atoms with Gasteiger partial charge in [-0.25, -0.2) is 4.68 Å². The fraction of sp³-hybridized carbons (Fsp3) is 0.467. The van der Waals surface area contributed by atoms with Crippen molar-refractivity contribution in [2.75, 3.05) is 13.3 Å². The number of ether oxygens (including phenoxy) is 2. The summed E-state index contributed by atoms with van der Waals surface area (Å²) in [5, 5.41) is 11.7. The van der Waals surface area contributed by atoms with Gasteiger partial charge in [0, 0.05) is 6.54 Å². The van der Waals surface area contributed by atoms with Crippen molar-refractivity contribution < 1.29 is 9.47 Å². The van der Waals surface area contributed by atoms with E-state index in [0.29, 0.717) is 19.3 Å². The Hall–Kier alpha value is -2.08. The summed E-state index contributed by atoms with van der Waals surface area (Å²) < 4.78 is 12.5. The summed E-state index contributed by atoms with van der Waals surface area (Å²) in [7, 11) is 0. The zero-order valence-electron chi connectivity index (χ0n) is 12.4. The van der Waals surface area contributed by atoms with Gasteiger partial charge in [-0.15, -0.1) is 5.10 Å². The van der Waals surface area contributed by atoms with Gasteiger partial charge in [0.1, 0.15) is 0 Å². The molecular weight excluding hydrogens is 268 g/mol. The summed E-state index contributed by atoms with van der Waals surface area (Å²) in [5.41, 5.74) is 2.07. The van der Waals surface area contributed by atoms with E-state index in [4.69, 9.17) is 9.47 Å². The number of fused-ring (bicyclic) bond motifs is 1. The van der Waals surface area contributed by atoms with Crippen molar-refractivity contribution in [2.24, 2.45) is 5.92 Å². The summed E-state index contributed by atoms with van der Waals surface area (Å²) in [5.74, 6) is 2.23. The number of benzene rings is 1. The molecule has 0 saturated carbocycles. The van der Waals surface area contributed by atoms with Crippen LogP contribution < -0.4 is 14.8 Å². The van der Waals surface area contributed by atoms with Gasteiger partial charge in [-0.3, -0.25) is 0 Å². The molecule has 0 radical (unpaired) electrons. The number of nitrogens with zero attached hydrogens (tertiary/aromatic N) is 3. The van der Waals surface area contributed by atoms with Crippen molar-refractivity contribution in [1.82, 2.24) is 20.3 Å². The highest BCUT2D eigenvalue weighted by Crippen LogP contribution is 2.32. The normalized spacial score (nSPS) is 13.1. The SMILES string of the molecule is CC(C)CNCc1cn(Cc2ccc3c(c2)OCO3)nn1. The summed E-state index contributed by atoms with van der Waals surface area (Å²) in [6.07, 6.45) is 1.97. The molecule has 0 atom stereocenters. The molecule has 1 aliphatic heterocycles. The zero-order valence-corrected chi connectivity index (χ0v) is 12.4. The van der Waals surface area contributed by atoms with E-state index in [1.165, 1.54) is 0 Å². The average Bonchev–Trinajstić information content (AvgIpc) is 3.07. The Morgan fingerprint density at radius 2 is 2.14 bits per heavy atom. The van der Waals surface area contributed by atoms with Crippen LogP contribution in [0, 0.1) is 5.92 Å². The quantitative estimate of drug-likeness (QED) is 0.878. The molecule has 3 rings (SSSR count). The van der Waals surface area contributed by atoms with E-state index >= 15 is 0 Å². The Morgan fingerprint density at radius 1 is 1.29 bits per heavy atom. The standard InChI is InChI=1S/C15H20N4O2/c1-11(2)6-16-7-13-9-19(18-17-13)8-12-3-4-14-15(5-12)21-10-20-14/h3-5,9,11,16H,6-8,10H2,1-2H3. The van der Waals surface area contributed by atoms with Crippen LogP contribution in [0.4, 0.5) is 0 Å². The largest absolute Gasteiger partial charge is 0.454 e. The summed E-state index contributed by atoms with van der Waals surface area (Å²) in [6, 6.07) is 5.94. The van der Waals surface area contributed by atoms with Gasteiger partial charge in [-0.1, -0.05) is 25.1 Å². The predicted octanol–water partition coefficient (Wildman–Crippen LogP) is 1.80. The van der Waals surface area contributed by atoms with Gasteiger partial charge in [0.05, 0.1) is 18.4 Å². The van der Waals surface area contributed by atoms with Crippen molar-refractivity contribution in [3.63, 3.8) is 0 Å². The maximum absolute atomic E-state index is 5.38. The van der Waals surface area contributed by atoms with Gasteiger partial charge in [-0.05, 0) is 30.2 Å². The molecule has 1 aromatic carbocycles. The van der Waals surface area contributed by atoms with Gasteiger partial charge in [0.2, 0.25) is 6.79 Å². The molecule has 2 aromatic rings. The monoisotopic (exact) mass is 288 g/mol. The van der Waals surface area contributed by atoms with Crippen LogP contribution >= 0.6 is 0 Å². The van der Waals surface area contributed by atoms with Crippen molar-refractivity contribution in [3.8, 4) is 11.5 Å². The Balaban J connectivity index is 1.59. The van der Waals surface area contributed by atoms with Gasteiger partial charge < -0.3 is 14.8 Å². The average molecular weight is 288 g/mol. The summed E-state index contributed by atoms with van der Waals surface area (Å²) in [6.45, 7) is 7.07. The van der Waals surface area contributed by atoms with E-state index in [9.17, 15) is 0 Å². The maximum Gasteiger partial charge on any atom is 0.231 e. The lowest BCUT2D eigenvalue weighted by Crippen LogP contribution is -2.19. The molecule has 0 unspecified atom stereocenters. The van der Waals surface area contributed by atoms with Gasteiger partial charge >= 0.3 is 0 Å². The molecule has 1 aliphatic rings. The van der Waals surface area contributed by atoms with Gasteiger partial charge in [0.15, 0.2) is 11.5 Å². The van der Waals surface area contributed by atoms with Crippen LogP contribution in [-0.4, -0.2) is 28.3 Å². The second kappa shape index (κ2) is 6.13. The van der Waals surface area contributed by atoms with Crippen molar-refractivity contribution in [1.29, 1.82) is 0 Å². The predicted molar refractivity (Wildman–Crippen MR) is 78.2 cm³/mol. The molecule has 21 heavy (non-hydrogen) atoms. The lowest BCUT2D eigenvalue weighted by atomic mass is 10.2. The molecule has 112 valence electrons. The summed E-state index contributed by atoms with van der Waals surface area (Å²) >= 11 is 0. The van der Waals surface area contributed by atoms with E-state index in [1.807, 2.05) is 29.1 Å². The number of hydrogen-bond acceptors (Lipinski definition) is 5. The van der Waals surface area contributed by atoms with Crippen LogP contribution in [0.2, 0.25) is 0 Å². The molecule has 0 aliphatic carbocycles. The van der Waals surface area contributed by atoms with Crippen molar-refractivity contribution >= 4 is 0 Å². The second-order valence-electron chi connectivity index (χ2n) is 5.62. The molecule has 2 heterocycles. The smallest absolute Gasteiger partial charge is 0.231 e. The fourth-order valence-electron chi connectivity index (χ4n) is 2.21. The lowest BCUT2D eigenvalue weighted by molar-refractivity contribution is 0.174. The van der Waals surface area contributed by atoms with E-state index in [2.05, 4.69) is 29.5 Å². The lowest BCUT2D eigenvalue weighted by Gasteiger charge is -2.04. The third-order valence-corrected chi connectivity index (χ3v) is 3.23. The number of rotatable bonds is 6. The van der Waals surface area contributed by atoms with E-state index in [0.717, 1.165) is 35.8 Å². The van der Waals surface area contributed by atoms with E-state index in [1.54, 1.807) is 0 Å². The number of hydrogen-bond donors (Lipinski definition) is 1. The molecule has 6 nitrogen and oxygen atoms in total. The minimum Gasteiger partial charge on any atom is -0.454 e. The highest BCUT2D eigenvalue weighted by Gasteiger charge is 2.13. The minimum atomic E-state index is 0.299. The Bertz CT molecular complexity index is 609. The Labute approximate surface area is 124 Å². The van der Waals surface area contributed by atoms with Crippen LogP contribution in [-0.2, 0) is 13.1 Å². The third-order valence-electron chi connectivity index (χ3n) is 3.23. The first-order valence-electron chi connectivity index (χ1n) is 7.19. The van der Waals surface area contributed by atoms with Crippen LogP contribution in [0.15, 0.2) is 24.4 Å². The molecule has 1 N–H and O–H groups in total. The number of aromatic nitrogens is 3. The highest BCUT2D eigenvalue weighted by atomic mass is 16.7. The zero-order chi connectivity index (χ0) is 14.7. The topological polar surface area (TPSA) is 61.2 Å². The number of nitrogens with one attached hydrogen (secondary N) is 1. The molecule has 0 saturated heterocycles. The Kier molecular flexibility index (Phi) is 4.06. The van der Waals surface area contributed by atoms with E-state index < -0.39 is 0 Å². The molecule has 0 fully saturated rings. The van der Waals surface area contributed by atoms with Gasteiger partial charge in [-0.2, -0.15) is 0 Å². The van der Waals surface area contributed by atoms with E-state index in [-0.39, 0.29) is 0 Å². The van der Waals surface area contributed by atoms with Crippen molar-refractivity contribution in [3.05, 3.63) is 35.7 Å². The maximum atomic E-state index is 5.38. The van der Waals surface area contributed by atoms with Crippen LogP contribution in [0.1, 0.15) is 25.1 Å². The van der Waals surface area contributed by atoms with Crippen LogP contribution in [0.25, 0.3) is 0 Å². The molecule has 0 spiro atoms. The molecule has 0 amide bonds. The fourth-order valence-corrected chi connectivity index (χ4v) is 2.21. The van der Waals surface area contributed by atoms with Crippen LogP contribution in [0.3, 0.4) is 0 Å². The first-order chi connectivity index (χ1) is 10.2. The van der Waals surface area contributed by atoms with Crippen LogP contribution in [0.5, 0.6) is 11.5 Å². The first-order valence-corrected chi connectivity index (χ1v) is 7.19. The minimum absolute atomic E-state index is 0.299. The summed E-state index contributed by atoms with van der Waals surface area (Å²) in [4.78, 5) is 0. The second-order valence-corrected chi connectivity index (χ2v) is 5.62. The molecule has 1 aromatic heterocycles.